The number of allylic oxidation sites excluding steroid dienone is 1. The molecule has 0 saturated carbocycles. The molecule has 124 valence electrons. The first-order chi connectivity index (χ1) is 11.2. The van der Waals surface area contributed by atoms with Crippen molar-refractivity contribution in [1.29, 1.82) is 0 Å². The zero-order chi connectivity index (χ0) is 16.4. The molecule has 0 N–H and O–H groups in total. The number of imidazole rings is 1. The lowest BCUT2D eigenvalue weighted by Crippen LogP contribution is -2.40. The SMILES string of the molecule is CCCCn1c(=O)c2c(nc3n2C=CCC3)n(CCCC)c1=O. The molecule has 1 aliphatic rings. The van der Waals surface area contributed by atoms with Crippen LogP contribution in [-0.4, -0.2) is 18.7 Å². The molecule has 0 aromatic carbocycles. The van der Waals surface area contributed by atoms with Gasteiger partial charge in [0.05, 0.1) is 0 Å². The molecule has 0 saturated heterocycles. The van der Waals surface area contributed by atoms with Crippen molar-refractivity contribution in [1.82, 2.24) is 18.7 Å². The van der Waals surface area contributed by atoms with Crippen LogP contribution in [0, 0.1) is 0 Å². The van der Waals surface area contributed by atoms with Gasteiger partial charge in [-0.15, -0.1) is 0 Å². The van der Waals surface area contributed by atoms with E-state index in [2.05, 4.69) is 18.8 Å². The number of unbranched alkanes of at least 4 members (excludes halogenated alkanes) is 2. The minimum absolute atomic E-state index is 0.212. The van der Waals surface area contributed by atoms with E-state index in [1.54, 1.807) is 4.57 Å². The van der Waals surface area contributed by atoms with Crippen molar-refractivity contribution in [3.63, 3.8) is 0 Å². The maximum atomic E-state index is 12.9. The van der Waals surface area contributed by atoms with Crippen LogP contribution in [0.15, 0.2) is 15.7 Å². The monoisotopic (exact) mass is 316 g/mol. The Balaban J connectivity index is 2.30. The Bertz CT molecular complexity index is 854. The molecule has 0 bridgehead atoms. The van der Waals surface area contributed by atoms with Gasteiger partial charge in [0, 0.05) is 25.7 Å². The molecular formula is C17H24N4O2. The summed E-state index contributed by atoms with van der Waals surface area (Å²) in [6.07, 6.45) is 9.36. The van der Waals surface area contributed by atoms with Crippen LogP contribution in [0.3, 0.4) is 0 Å². The second kappa shape index (κ2) is 6.56. The van der Waals surface area contributed by atoms with Crippen molar-refractivity contribution in [2.24, 2.45) is 0 Å². The summed E-state index contributed by atoms with van der Waals surface area (Å²) in [5.74, 6) is 0.873. The van der Waals surface area contributed by atoms with Crippen LogP contribution < -0.4 is 11.2 Å². The van der Waals surface area contributed by atoms with Crippen LogP contribution in [-0.2, 0) is 19.5 Å². The maximum absolute atomic E-state index is 12.9. The van der Waals surface area contributed by atoms with Gasteiger partial charge in [0.15, 0.2) is 11.2 Å². The minimum Gasteiger partial charge on any atom is -0.297 e. The molecule has 0 atom stereocenters. The number of aryl methyl sites for hydroxylation is 2. The highest BCUT2D eigenvalue weighted by atomic mass is 16.2. The third-order valence-electron chi connectivity index (χ3n) is 4.39. The van der Waals surface area contributed by atoms with Crippen LogP contribution in [0.5, 0.6) is 0 Å². The first-order valence-corrected chi connectivity index (χ1v) is 8.60. The maximum Gasteiger partial charge on any atom is 0.332 e. The Morgan fingerprint density at radius 3 is 2.48 bits per heavy atom. The predicted molar refractivity (Wildman–Crippen MR) is 91.7 cm³/mol. The molecule has 6 nitrogen and oxygen atoms in total. The molecule has 0 radical (unpaired) electrons. The van der Waals surface area contributed by atoms with E-state index in [4.69, 9.17) is 0 Å². The molecular weight excluding hydrogens is 292 g/mol. The summed E-state index contributed by atoms with van der Waals surface area (Å²) in [6, 6.07) is 0. The van der Waals surface area contributed by atoms with Gasteiger partial charge in [-0.1, -0.05) is 32.8 Å². The zero-order valence-corrected chi connectivity index (χ0v) is 13.9. The summed E-state index contributed by atoms with van der Waals surface area (Å²) in [5.41, 5.74) is 0.658. The van der Waals surface area contributed by atoms with E-state index in [0.717, 1.165) is 44.3 Å². The first kappa shape index (κ1) is 15.8. The van der Waals surface area contributed by atoms with Gasteiger partial charge in [0.2, 0.25) is 0 Å². The molecule has 3 heterocycles. The fourth-order valence-corrected chi connectivity index (χ4v) is 3.06. The highest BCUT2D eigenvalue weighted by Gasteiger charge is 2.21. The third kappa shape index (κ3) is 2.66. The van der Waals surface area contributed by atoms with Gasteiger partial charge in [0.25, 0.3) is 5.56 Å². The highest BCUT2D eigenvalue weighted by molar-refractivity contribution is 5.74. The second-order valence-electron chi connectivity index (χ2n) is 6.09. The molecule has 23 heavy (non-hydrogen) atoms. The van der Waals surface area contributed by atoms with E-state index in [1.165, 1.54) is 4.57 Å². The number of fused-ring (bicyclic) bond motifs is 3. The van der Waals surface area contributed by atoms with Crippen LogP contribution >= 0.6 is 0 Å². The topological polar surface area (TPSA) is 61.8 Å². The van der Waals surface area contributed by atoms with Crippen LogP contribution in [0.4, 0.5) is 0 Å². The molecule has 6 heteroatoms. The molecule has 2 aromatic rings. The minimum atomic E-state index is -0.219. The van der Waals surface area contributed by atoms with Crippen LogP contribution in [0.2, 0.25) is 0 Å². The molecule has 0 aliphatic carbocycles. The summed E-state index contributed by atoms with van der Waals surface area (Å²) in [4.78, 5) is 30.3. The van der Waals surface area contributed by atoms with Crippen LogP contribution in [0.1, 0.15) is 51.8 Å². The Morgan fingerprint density at radius 1 is 1.09 bits per heavy atom. The Hall–Kier alpha value is -2.11. The van der Waals surface area contributed by atoms with Gasteiger partial charge >= 0.3 is 5.69 Å². The van der Waals surface area contributed by atoms with Gasteiger partial charge < -0.3 is 0 Å². The summed E-state index contributed by atoms with van der Waals surface area (Å²) < 4.78 is 4.94. The highest BCUT2D eigenvalue weighted by Crippen LogP contribution is 2.18. The van der Waals surface area contributed by atoms with Gasteiger partial charge in [0.1, 0.15) is 5.82 Å². The lowest BCUT2D eigenvalue weighted by molar-refractivity contribution is 0.530. The van der Waals surface area contributed by atoms with E-state index in [0.29, 0.717) is 24.3 Å². The fourth-order valence-electron chi connectivity index (χ4n) is 3.06. The van der Waals surface area contributed by atoms with Gasteiger partial charge in [-0.05, 0) is 19.3 Å². The Labute approximate surface area is 135 Å². The summed E-state index contributed by atoms with van der Waals surface area (Å²) in [5, 5.41) is 0. The fraction of sp³-hybridized carbons (Fsp3) is 0.588. The van der Waals surface area contributed by atoms with Crippen molar-refractivity contribution in [3.05, 3.63) is 32.7 Å². The van der Waals surface area contributed by atoms with E-state index < -0.39 is 0 Å². The molecule has 0 amide bonds. The Morgan fingerprint density at radius 2 is 1.78 bits per heavy atom. The van der Waals surface area contributed by atoms with Gasteiger partial charge in [-0.3, -0.25) is 18.5 Å². The van der Waals surface area contributed by atoms with Crippen molar-refractivity contribution in [3.8, 4) is 0 Å². The average Bonchev–Trinajstić information content (AvgIpc) is 2.94. The summed E-state index contributed by atoms with van der Waals surface area (Å²) in [6.45, 7) is 5.23. The lowest BCUT2D eigenvalue weighted by atomic mass is 10.2. The number of nitrogens with zero attached hydrogens (tertiary/aromatic N) is 4. The summed E-state index contributed by atoms with van der Waals surface area (Å²) in [7, 11) is 0. The van der Waals surface area contributed by atoms with Gasteiger partial charge in [-0.25, -0.2) is 9.78 Å². The van der Waals surface area contributed by atoms with E-state index in [-0.39, 0.29) is 11.2 Å². The third-order valence-corrected chi connectivity index (χ3v) is 4.39. The van der Waals surface area contributed by atoms with Crippen molar-refractivity contribution >= 4 is 17.4 Å². The smallest absolute Gasteiger partial charge is 0.297 e. The molecule has 1 aliphatic heterocycles. The van der Waals surface area contributed by atoms with E-state index >= 15 is 0 Å². The number of rotatable bonds is 6. The molecule has 3 rings (SSSR count). The summed E-state index contributed by atoms with van der Waals surface area (Å²) >= 11 is 0. The first-order valence-electron chi connectivity index (χ1n) is 8.60. The Kier molecular flexibility index (Phi) is 4.50. The molecule has 0 fully saturated rings. The van der Waals surface area contributed by atoms with Crippen molar-refractivity contribution in [2.75, 3.05) is 0 Å². The van der Waals surface area contributed by atoms with Gasteiger partial charge in [-0.2, -0.15) is 0 Å². The normalized spacial score (nSPS) is 13.7. The lowest BCUT2D eigenvalue weighted by Gasteiger charge is -2.11. The number of hydrogen-bond acceptors (Lipinski definition) is 3. The van der Waals surface area contributed by atoms with Crippen molar-refractivity contribution < 1.29 is 0 Å². The van der Waals surface area contributed by atoms with Crippen molar-refractivity contribution in [2.45, 2.75) is 65.5 Å². The predicted octanol–water partition coefficient (Wildman–Crippen LogP) is 2.38. The zero-order valence-electron chi connectivity index (χ0n) is 13.9. The average molecular weight is 316 g/mol. The number of hydrogen-bond donors (Lipinski definition) is 0. The van der Waals surface area contributed by atoms with E-state index in [9.17, 15) is 9.59 Å². The number of aromatic nitrogens is 4. The standard InChI is InChI=1S/C17H24N4O2/c1-3-5-10-20-15-14(19-12-8-7-9-13(19)18-15)16(22)21(17(20)23)11-6-4-2/h8,12H,3-7,9-11H2,1-2H3. The molecule has 0 unspecified atom stereocenters. The van der Waals surface area contributed by atoms with Crippen LogP contribution in [0.25, 0.3) is 17.4 Å². The largest absolute Gasteiger partial charge is 0.332 e. The quantitative estimate of drug-likeness (QED) is 0.822. The second-order valence-corrected chi connectivity index (χ2v) is 6.09. The van der Waals surface area contributed by atoms with E-state index in [1.807, 2.05) is 16.8 Å². The molecule has 2 aromatic heterocycles. The molecule has 0 spiro atoms.